The molecule has 3 aromatic rings. The second-order valence-electron chi connectivity index (χ2n) is 7.88. The average Bonchev–Trinajstić information content (AvgIpc) is 3.01. The van der Waals surface area contributed by atoms with Gasteiger partial charge in [-0.15, -0.1) is 0 Å². The minimum atomic E-state index is -0.495. The Balaban J connectivity index is 1.61. The molecule has 4 rings (SSSR count). The number of hydrogen-bond acceptors (Lipinski definition) is 6. The standard InChI is InChI=1S/C25H27N3O4/c1-18-7-6-10-20(26-18)16-27-12-11-21-24(25(30)31-2)22(15-23(29)28(21)14-13-27)32-17-19-8-4-3-5-9-19/h3-10,15H,11-14,16-17H2,1-2H3. The molecular formula is C25H27N3O4. The largest absolute Gasteiger partial charge is 0.488 e. The predicted molar refractivity (Wildman–Crippen MR) is 121 cm³/mol. The number of carbonyl (C=O) groups excluding carboxylic acids is 1. The van der Waals surface area contributed by atoms with Gasteiger partial charge >= 0.3 is 5.97 Å². The molecule has 0 amide bonds. The van der Waals surface area contributed by atoms with Crippen molar-refractivity contribution in [3.63, 3.8) is 0 Å². The van der Waals surface area contributed by atoms with Gasteiger partial charge < -0.3 is 14.0 Å². The maximum absolute atomic E-state index is 12.9. The van der Waals surface area contributed by atoms with Crippen LogP contribution in [0.15, 0.2) is 59.4 Å². The normalized spacial score (nSPS) is 13.8. The molecule has 0 atom stereocenters. The molecule has 0 radical (unpaired) electrons. The van der Waals surface area contributed by atoms with E-state index < -0.39 is 5.97 Å². The highest BCUT2D eigenvalue weighted by atomic mass is 16.5. The highest BCUT2D eigenvalue weighted by molar-refractivity contribution is 5.93. The number of methoxy groups -OCH3 is 1. The van der Waals surface area contributed by atoms with Gasteiger partial charge in [0.15, 0.2) is 0 Å². The Morgan fingerprint density at radius 1 is 1.06 bits per heavy atom. The van der Waals surface area contributed by atoms with Gasteiger partial charge in [0.25, 0.3) is 5.56 Å². The Bertz CT molecular complexity index is 1160. The van der Waals surface area contributed by atoms with Crippen molar-refractivity contribution >= 4 is 5.97 Å². The molecule has 0 aliphatic carbocycles. The lowest BCUT2D eigenvalue weighted by atomic mass is 10.1. The fourth-order valence-electron chi connectivity index (χ4n) is 4.04. The van der Waals surface area contributed by atoms with E-state index in [1.54, 1.807) is 4.57 Å². The number of fused-ring (bicyclic) bond motifs is 1. The van der Waals surface area contributed by atoms with Crippen LogP contribution in [-0.4, -0.2) is 40.6 Å². The van der Waals surface area contributed by atoms with Gasteiger partial charge in [0.2, 0.25) is 0 Å². The third-order valence-electron chi connectivity index (χ3n) is 5.64. The van der Waals surface area contributed by atoms with Crippen molar-refractivity contribution in [3.8, 4) is 5.75 Å². The van der Waals surface area contributed by atoms with E-state index in [0.29, 0.717) is 43.9 Å². The Morgan fingerprint density at radius 2 is 1.88 bits per heavy atom. The fraction of sp³-hybridized carbons (Fsp3) is 0.320. The summed E-state index contributed by atoms with van der Waals surface area (Å²) in [4.78, 5) is 32.5. The maximum atomic E-state index is 12.9. The summed E-state index contributed by atoms with van der Waals surface area (Å²) in [5, 5.41) is 0. The van der Waals surface area contributed by atoms with Gasteiger partial charge in [-0.3, -0.25) is 14.7 Å². The van der Waals surface area contributed by atoms with E-state index in [1.807, 2.05) is 55.5 Å². The van der Waals surface area contributed by atoms with Gasteiger partial charge in [-0.25, -0.2) is 4.79 Å². The number of aryl methyl sites for hydroxylation is 1. The van der Waals surface area contributed by atoms with Crippen LogP contribution in [0.25, 0.3) is 0 Å². The molecule has 32 heavy (non-hydrogen) atoms. The van der Waals surface area contributed by atoms with Crippen molar-refractivity contribution in [1.82, 2.24) is 14.5 Å². The zero-order valence-corrected chi connectivity index (χ0v) is 18.4. The second-order valence-corrected chi connectivity index (χ2v) is 7.88. The summed E-state index contributed by atoms with van der Waals surface area (Å²) in [6, 6.07) is 17.0. The first-order valence-electron chi connectivity index (χ1n) is 10.7. The van der Waals surface area contributed by atoms with Crippen LogP contribution in [-0.2, 0) is 30.9 Å². The Hall–Kier alpha value is -3.45. The molecule has 7 nitrogen and oxygen atoms in total. The summed E-state index contributed by atoms with van der Waals surface area (Å²) in [7, 11) is 1.35. The zero-order chi connectivity index (χ0) is 22.5. The molecule has 1 aliphatic rings. The molecule has 0 unspecified atom stereocenters. The van der Waals surface area contributed by atoms with Crippen LogP contribution in [0, 0.1) is 6.92 Å². The number of carbonyl (C=O) groups is 1. The Labute approximate surface area is 187 Å². The van der Waals surface area contributed by atoms with Gasteiger partial charge in [0, 0.05) is 50.1 Å². The summed E-state index contributed by atoms with van der Waals surface area (Å²) in [6.45, 7) is 4.80. The van der Waals surface area contributed by atoms with Crippen LogP contribution in [0.4, 0.5) is 0 Å². The molecule has 0 fully saturated rings. The van der Waals surface area contributed by atoms with E-state index in [4.69, 9.17) is 9.47 Å². The first-order chi connectivity index (χ1) is 15.5. The predicted octanol–water partition coefficient (Wildman–Crippen LogP) is 2.98. The molecule has 0 N–H and O–H groups in total. The van der Waals surface area contributed by atoms with Gasteiger partial charge in [0.05, 0.1) is 12.8 Å². The molecule has 0 saturated carbocycles. The van der Waals surface area contributed by atoms with E-state index in [-0.39, 0.29) is 17.9 Å². The molecule has 0 saturated heterocycles. The molecule has 1 aromatic carbocycles. The van der Waals surface area contributed by atoms with Crippen molar-refractivity contribution < 1.29 is 14.3 Å². The number of aromatic nitrogens is 2. The van der Waals surface area contributed by atoms with Gasteiger partial charge in [-0.05, 0) is 24.6 Å². The monoisotopic (exact) mass is 433 g/mol. The van der Waals surface area contributed by atoms with Crippen LogP contribution in [0.3, 0.4) is 0 Å². The second kappa shape index (κ2) is 9.78. The molecular weight excluding hydrogens is 406 g/mol. The van der Waals surface area contributed by atoms with Crippen LogP contribution in [0.2, 0.25) is 0 Å². The van der Waals surface area contributed by atoms with E-state index in [0.717, 1.165) is 17.0 Å². The van der Waals surface area contributed by atoms with Crippen LogP contribution < -0.4 is 10.3 Å². The summed E-state index contributed by atoms with van der Waals surface area (Å²) >= 11 is 0. The topological polar surface area (TPSA) is 73.7 Å². The minimum absolute atomic E-state index is 0.175. The smallest absolute Gasteiger partial charge is 0.343 e. The molecule has 166 valence electrons. The van der Waals surface area contributed by atoms with Crippen LogP contribution in [0.5, 0.6) is 5.75 Å². The van der Waals surface area contributed by atoms with Crippen molar-refractivity contribution in [2.24, 2.45) is 0 Å². The number of rotatable bonds is 6. The summed E-state index contributed by atoms with van der Waals surface area (Å²) in [5.74, 6) is -0.226. The molecule has 1 aliphatic heterocycles. The lowest BCUT2D eigenvalue weighted by molar-refractivity contribution is 0.0592. The first kappa shape index (κ1) is 21.8. The highest BCUT2D eigenvalue weighted by Gasteiger charge is 2.26. The molecule has 3 heterocycles. The summed E-state index contributed by atoms with van der Waals surface area (Å²) in [5.41, 5.74) is 3.74. The fourth-order valence-corrected chi connectivity index (χ4v) is 4.04. The number of esters is 1. The molecule has 0 spiro atoms. The Morgan fingerprint density at radius 3 is 2.62 bits per heavy atom. The quantitative estimate of drug-likeness (QED) is 0.557. The maximum Gasteiger partial charge on any atom is 0.343 e. The van der Waals surface area contributed by atoms with E-state index in [1.165, 1.54) is 13.2 Å². The van der Waals surface area contributed by atoms with Gasteiger partial charge in [-0.2, -0.15) is 0 Å². The molecule has 2 aromatic heterocycles. The van der Waals surface area contributed by atoms with Crippen LogP contribution in [0.1, 0.15) is 33.0 Å². The third-order valence-corrected chi connectivity index (χ3v) is 5.64. The third kappa shape index (κ3) is 4.89. The van der Waals surface area contributed by atoms with E-state index >= 15 is 0 Å². The number of hydrogen-bond donors (Lipinski definition) is 0. The highest BCUT2D eigenvalue weighted by Crippen LogP contribution is 2.25. The van der Waals surface area contributed by atoms with Crippen LogP contribution >= 0.6 is 0 Å². The Kier molecular flexibility index (Phi) is 6.66. The first-order valence-corrected chi connectivity index (χ1v) is 10.7. The van der Waals surface area contributed by atoms with Crippen molar-refractivity contribution in [2.75, 3.05) is 20.2 Å². The average molecular weight is 434 g/mol. The lowest BCUT2D eigenvalue weighted by Crippen LogP contribution is -2.29. The zero-order valence-electron chi connectivity index (χ0n) is 18.4. The van der Waals surface area contributed by atoms with Gasteiger partial charge in [-0.1, -0.05) is 36.4 Å². The minimum Gasteiger partial charge on any atom is -0.488 e. The molecule has 0 bridgehead atoms. The van der Waals surface area contributed by atoms with Gasteiger partial charge in [0.1, 0.15) is 17.9 Å². The van der Waals surface area contributed by atoms with Crippen molar-refractivity contribution in [1.29, 1.82) is 0 Å². The molecule has 7 heteroatoms. The SMILES string of the molecule is COC(=O)c1c(OCc2ccccc2)cc(=O)n2c1CCN(Cc1cccc(C)n1)CC2. The van der Waals surface area contributed by atoms with Crippen molar-refractivity contribution in [3.05, 3.63) is 93.2 Å². The summed E-state index contributed by atoms with van der Waals surface area (Å²) < 4.78 is 12.7. The van der Waals surface area contributed by atoms with Crippen molar-refractivity contribution in [2.45, 2.75) is 33.0 Å². The number of nitrogens with zero attached hydrogens (tertiary/aromatic N) is 3. The van der Waals surface area contributed by atoms with E-state index in [9.17, 15) is 9.59 Å². The number of ether oxygens (including phenoxy) is 2. The number of pyridine rings is 2. The lowest BCUT2D eigenvalue weighted by Gasteiger charge is -2.18. The summed E-state index contributed by atoms with van der Waals surface area (Å²) in [6.07, 6.45) is 0.536. The van der Waals surface area contributed by atoms with E-state index in [2.05, 4.69) is 9.88 Å². The number of benzene rings is 1.